The Kier molecular flexibility index (Phi) is 18.2. The molecule has 2 heterocycles. The molecule has 0 saturated carbocycles. The number of ether oxygens (including phenoxy) is 9. The summed E-state index contributed by atoms with van der Waals surface area (Å²) in [6.07, 6.45) is -3.39. The van der Waals surface area contributed by atoms with E-state index in [1.54, 1.807) is 18.9 Å². The normalized spacial score (nSPS) is 24.4. The topological polar surface area (TPSA) is 83.1 Å². The van der Waals surface area contributed by atoms with E-state index >= 15 is 0 Å². The molecule has 2 aliphatic heterocycles. The molecular formula is C55H60O9S. The van der Waals surface area contributed by atoms with Crippen LogP contribution in [-0.2, 0) is 82.3 Å². The van der Waals surface area contributed by atoms with Gasteiger partial charge in [-0.1, -0.05) is 182 Å². The van der Waals surface area contributed by atoms with Crippen molar-refractivity contribution in [1.82, 2.24) is 0 Å². The maximum absolute atomic E-state index is 7.01. The van der Waals surface area contributed by atoms with Crippen molar-refractivity contribution >= 4 is 11.8 Å². The summed E-state index contributed by atoms with van der Waals surface area (Å²) in [5.74, 6) is 0.513. The fourth-order valence-electron chi connectivity index (χ4n) is 8.19. The van der Waals surface area contributed by atoms with Gasteiger partial charge in [-0.05, 0) is 33.4 Å². The average molecular weight is 897 g/mol. The van der Waals surface area contributed by atoms with E-state index in [1.165, 1.54) is 0 Å². The molecule has 2 aliphatic rings. The van der Waals surface area contributed by atoms with Gasteiger partial charge in [-0.2, -0.15) is 0 Å². The van der Waals surface area contributed by atoms with Crippen LogP contribution in [0.3, 0.4) is 0 Å². The molecule has 0 amide bonds. The van der Waals surface area contributed by atoms with Crippen molar-refractivity contribution in [1.29, 1.82) is 0 Å². The molecule has 0 aliphatic carbocycles. The SMILES string of the molecule is COC1OC(CS[C@H]2C[C@@H](OCc3ccccc3)[C@H](OCc3ccccc3)C(COCc3ccccc3)O2)[C@@H](OCc2ccccc2)C(OCc2ccccc2)C1OCc1ccccc1. The first kappa shape index (κ1) is 46.8. The number of benzene rings is 6. The van der Waals surface area contributed by atoms with Gasteiger partial charge in [0.1, 0.15) is 36.0 Å². The summed E-state index contributed by atoms with van der Waals surface area (Å²) in [6.45, 7) is 2.70. The second kappa shape index (κ2) is 25.3. The fraction of sp³-hybridized carbons (Fsp3) is 0.345. The number of thioether (sulfide) groups is 1. The van der Waals surface area contributed by atoms with Gasteiger partial charge in [0.2, 0.25) is 0 Å². The minimum atomic E-state index is -0.731. The Hall–Kier alpha value is -4.69. The molecule has 9 atom stereocenters. The maximum atomic E-state index is 7.01. The summed E-state index contributed by atoms with van der Waals surface area (Å²) < 4.78 is 60.5. The van der Waals surface area contributed by atoms with E-state index in [1.807, 2.05) is 121 Å². The molecule has 8 rings (SSSR count). The highest BCUT2D eigenvalue weighted by Gasteiger charge is 2.49. The molecule has 0 aromatic heterocycles. The lowest BCUT2D eigenvalue weighted by atomic mass is 9.98. The third-order valence-electron chi connectivity index (χ3n) is 11.6. The van der Waals surface area contributed by atoms with Crippen molar-refractivity contribution < 1.29 is 42.6 Å². The van der Waals surface area contributed by atoms with Gasteiger partial charge in [-0.3, -0.25) is 0 Å². The molecule has 6 aromatic rings. The molecule has 2 fully saturated rings. The smallest absolute Gasteiger partial charge is 0.186 e. The Morgan fingerprint density at radius 3 is 1.25 bits per heavy atom. The maximum Gasteiger partial charge on any atom is 0.186 e. The lowest BCUT2D eigenvalue weighted by molar-refractivity contribution is -0.313. The Bertz CT molecular complexity index is 2190. The van der Waals surface area contributed by atoms with Crippen molar-refractivity contribution in [3.05, 3.63) is 215 Å². The zero-order chi connectivity index (χ0) is 44.3. The van der Waals surface area contributed by atoms with Crippen LogP contribution >= 0.6 is 11.8 Å². The lowest BCUT2D eigenvalue weighted by Crippen LogP contribution is -2.61. The summed E-state index contributed by atoms with van der Waals surface area (Å²) in [4.78, 5) is 0. The van der Waals surface area contributed by atoms with Gasteiger partial charge in [0.05, 0.1) is 58.5 Å². The predicted molar refractivity (Wildman–Crippen MR) is 253 cm³/mol. The lowest BCUT2D eigenvalue weighted by Gasteiger charge is -2.46. The molecule has 10 heteroatoms. The van der Waals surface area contributed by atoms with Crippen molar-refractivity contribution in [3.8, 4) is 0 Å². The van der Waals surface area contributed by atoms with Crippen LogP contribution in [0.2, 0.25) is 0 Å². The Morgan fingerprint density at radius 2 is 0.800 bits per heavy atom. The largest absolute Gasteiger partial charge is 0.374 e. The Morgan fingerprint density at radius 1 is 0.415 bits per heavy atom. The second-order valence-electron chi connectivity index (χ2n) is 16.3. The summed E-state index contributed by atoms with van der Waals surface area (Å²) in [5.41, 5.74) is 6.10. The van der Waals surface area contributed by atoms with Crippen LogP contribution in [0, 0.1) is 0 Å². The highest BCUT2D eigenvalue weighted by Crippen LogP contribution is 2.37. The van der Waals surface area contributed by atoms with E-state index in [9.17, 15) is 0 Å². The van der Waals surface area contributed by atoms with Crippen LogP contribution in [0.4, 0.5) is 0 Å². The molecule has 2 saturated heterocycles. The van der Waals surface area contributed by atoms with Crippen LogP contribution in [0.15, 0.2) is 182 Å². The van der Waals surface area contributed by atoms with Crippen molar-refractivity contribution in [2.45, 2.75) is 101 Å². The standard InChI is InChI=1S/C55H60O9S/c1-56-55-54(62-38-46-30-18-7-19-31-46)53(61-37-45-28-16-6-17-29-45)52(60-36-44-26-14-5-15-27-44)49(64-55)40-65-50-32-47(58-34-42-22-10-3-11-23-42)51(59-35-43-24-12-4-13-25-43)48(63-50)39-57-33-41-20-8-2-9-21-41/h2-31,47-55H,32-40H2,1H3/t47-,48?,49?,50+,51+,52-,53?,54?,55?/m1/s1. The van der Waals surface area contributed by atoms with E-state index in [0.717, 1.165) is 33.4 Å². The molecule has 0 N–H and O–H groups in total. The summed E-state index contributed by atoms with van der Waals surface area (Å²) >= 11 is 1.68. The van der Waals surface area contributed by atoms with Gasteiger partial charge in [-0.25, -0.2) is 0 Å². The third kappa shape index (κ3) is 14.2. The number of methoxy groups -OCH3 is 1. The van der Waals surface area contributed by atoms with Gasteiger partial charge < -0.3 is 42.6 Å². The molecule has 5 unspecified atom stereocenters. The zero-order valence-corrected chi connectivity index (χ0v) is 37.8. The van der Waals surface area contributed by atoms with Crippen LogP contribution in [0.1, 0.15) is 39.8 Å². The van der Waals surface area contributed by atoms with Crippen molar-refractivity contribution in [2.75, 3.05) is 19.5 Å². The average Bonchev–Trinajstić information content (AvgIpc) is 3.37. The quantitative estimate of drug-likeness (QED) is 0.0620. The summed E-state index contributed by atoms with van der Waals surface area (Å²) in [5, 5.41) is 0. The first-order valence-electron chi connectivity index (χ1n) is 22.5. The predicted octanol–water partition coefficient (Wildman–Crippen LogP) is 10.3. The van der Waals surface area contributed by atoms with Gasteiger partial charge in [0, 0.05) is 19.3 Å². The first-order valence-corrected chi connectivity index (χ1v) is 23.6. The van der Waals surface area contributed by atoms with Crippen LogP contribution in [0.5, 0.6) is 0 Å². The van der Waals surface area contributed by atoms with E-state index in [2.05, 4.69) is 60.7 Å². The molecule has 9 nitrogen and oxygen atoms in total. The van der Waals surface area contributed by atoms with Crippen LogP contribution < -0.4 is 0 Å². The van der Waals surface area contributed by atoms with Crippen molar-refractivity contribution in [2.24, 2.45) is 0 Å². The number of rotatable bonds is 23. The van der Waals surface area contributed by atoms with Gasteiger partial charge >= 0.3 is 0 Å². The third-order valence-corrected chi connectivity index (χ3v) is 12.8. The van der Waals surface area contributed by atoms with Gasteiger partial charge in [0.15, 0.2) is 6.29 Å². The number of hydrogen-bond acceptors (Lipinski definition) is 10. The Labute approximate surface area is 388 Å². The molecule has 0 bridgehead atoms. The Balaban J connectivity index is 1.05. The highest BCUT2D eigenvalue weighted by molar-refractivity contribution is 7.99. The molecule has 0 spiro atoms. The van der Waals surface area contributed by atoms with E-state index in [0.29, 0.717) is 58.4 Å². The molecule has 0 radical (unpaired) electrons. The molecule has 340 valence electrons. The summed E-state index contributed by atoms with van der Waals surface area (Å²) in [6, 6.07) is 61.1. The van der Waals surface area contributed by atoms with Crippen LogP contribution in [-0.4, -0.2) is 73.9 Å². The summed E-state index contributed by atoms with van der Waals surface area (Å²) in [7, 11) is 1.65. The monoisotopic (exact) mass is 896 g/mol. The van der Waals surface area contributed by atoms with E-state index < -0.39 is 42.9 Å². The first-order chi connectivity index (χ1) is 32.2. The van der Waals surface area contributed by atoms with E-state index in [-0.39, 0.29) is 11.5 Å². The van der Waals surface area contributed by atoms with Crippen molar-refractivity contribution in [3.63, 3.8) is 0 Å². The number of hydrogen-bond donors (Lipinski definition) is 0. The molecular weight excluding hydrogens is 837 g/mol. The molecule has 65 heavy (non-hydrogen) atoms. The minimum Gasteiger partial charge on any atom is -0.374 e. The second-order valence-corrected chi connectivity index (χ2v) is 17.5. The van der Waals surface area contributed by atoms with E-state index in [4.69, 9.17) is 42.6 Å². The molecule has 6 aromatic carbocycles. The fourth-order valence-corrected chi connectivity index (χ4v) is 9.41. The minimum absolute atomic E-state index is 0.284. The van der Waals surface area contributed by atoms with Crippen LogP contribution in [0.25, 0.3) is 0 Å². The van der Waals surface area contributed by atoms with Gasteiger partial charge in [0.25, 0.3) is 0 Å². The highest BCUT2D eigenvalue weighted by atomic mass is 32.2. The van der Waals surface area contributed by atoms with Gasteiger partial charge in [-0.15, -0.1) is 11.8 Å². The zero-order valence-electron chi connectivity index (χ0n) is 37.0.